The number of hydrazine groups is 1. The number of nitrogens with zero attached hydrogens (tertiary/aromatic N) is 4. The van der Waals surface area contributed by atoms with E-state index in [0.29, 0.717) is 17.0 Å². The van der Waals surface area contributed by atoms with Gasteiger partial charge in [-0.15, -0.1) is 0 Å². The Morgan fingerprint density at radius 1 is 1.48 bits per heavy atom. The fourth-order valence-corrected chi connectivity index (χ4v) is 1.88. The minimum absolute atomic E-state index is 0.0883. The lowest BCUT2D eigenvalue weighted by Gasteiger charge is -2.19. The van der Waals surface area contributed by atoms with Gasteiger partial charge in [0, 0.05) is 0 Å². The number of anilines is 1. The van der Waals surface area contributed by atoms with Crippen LogP contribution in [0, 0.1) is 17.2 Å². The number of carbonyl (C=O) groups is 2. The van der Waals surface area contributed by atoms with E-state index in [1.165, 1.54) is 12.4 Å². The molecule has 124 valence electrons. The molecule has 0 radical (unpaired) electrons. The number of hydroxylamine groups is 2. The molecule has 1 aromatic rings. The summed E-state index contributed by atoms with van der Waals surface area (Å²) < 4.78 is 0. The Kier molecular flexibility index (Phi) is 8.02. The molecule has 9 nitrogen and oxygen atoms in total. The second-order valence-electron chi connectivity index (χ2n) is 4.94. The number of hydrogen-bond donors (Lipinski definition) is 3. The van der Waals surface area contributed by atoms with Crippen molar-refractivity contribution < 1.29 is 14.8 Å². The van der Waals surface area contributed by atoms with Crippen molar-refractivity contribution in [3.63, 3.8) is 0 Å². The zero-order chi connectivity index (χ0) is 17.1. The molecule has 0 aliphatic heterocycles. The number of unbranched alkanes of at least 4 members (excludes halogenated alkanes) is 2. The summed E-state index contributed by atoms with van der Waals surface area (Å²) in [7, 11) is 0. The number of amides is 2. The molecule has 1 aromatic heterocycles. The van der Waals surface area contributed by atoms with Crippen molar-refractivity contribution in [2.24, 2.45) is 5.92 Å². The molecule has 0 saturated carbocycles. The maximum Gasteiger partial charge on any atom is 0.243 e. The van der Waals surface area contributed by atoms with E-state index in [1.807, 2.05) is 13.0 Å². The first kappa shape index (κ1) is 18.3. The lowest BCUT2D eigenvalue weighted by molar-refractivity contribution is -0.154. The van der Waals surface area contributed by atoms with E-state index in [1.54, 1.807) is 0 Å². The molecule has 0 bridgehead atoms. The molecule has 1 heterocycles. The number of nitrogens with one attached hydrogen (secondary N) is 2. The summed E-state index contributed by atoms with van der Waals surface area (Å²) in [6, 6.07) is 1.89. The molecule has 1 rings (SSSR count). The summed E-state index contributed by atoms with van der Waals surface area (Å²) in [6.45, 7) is 1.96. The van der Waals surface area contributed by atoms with Gasteiger partial charge in [0.1, 0.15) is 6.07 Å². The first-order chi connectivity index (χ1) is 11.1. The molecule has 0 spiro atoms. The Morgan fingerprint density at radius 2 is 2.17 bits per heavy atom. The van der Waals surface area contributed by atoms with Crippen molar-refractivity contribution in [1.29, 1.82) is 5.26 Å². The smallest absolute Gasteiger partial charge is 0.243 e. The second kappa shape index (κ2) is 10.1. The van der Waals surface area contributed by atoms with Gasteiger partial charge in [0.2, 0.25) is 18.3 Å². The molecule has 0 saturated heterocycles. The van der Waals surface area contributed by atoms with Gasteiger partial charge in [-0.2, -0.15) is 5.26 Å². The predicted molar refractivity (Wildman–Crippen MR) is 80.7 cm³/mol. The summed E-state index contributed by atoms with van der Waals surface area (Å²) in [5, 5.41) is 18.4. The first-order valence-electron chi connectivity index (χ1n) is 7.29. The van der Waals surface area contributed by atoms with Gasteiger partial charge in [-0.25, -0.2) is 15.0 Å². The molecule has 0 fully saturated rings. The summed E-state index contributed by atoms with van der Waals surface area (Å²) in [4.78, 5) is 30.4. The van der Waals surface area contributed by atoms with E-state index >= 15 is 0 Å². The van der Waals surface area contributed by atoms with Gasteiger partial charge in [-0.05, 0) is 6.42 Å². The quantitative estimate of drug-likeness (QED) is 0.252. The topological polar surface area (TPSA) is 131 Å². The van der Waals surface area contributed by atoms with Crippen LogP contribution in [0.2, 0.25) is 0 Å². The van der Waals surface area contributed by atoms with Crippen LogP contribution in [0.25, 0.3) is 0 Å². The number of nitriles is 1. The van der Waals surface area contributed by atoms with Gasteiger partial charge in [0.05, 0.1) is 30.4 Å². The Balaban J connectivity index is 2.56. The maximum absolute atomic E-state index is 12.2. The Hall–Kier alpha value is -2.73. The van der Waals surface area contributed by atoms with E-state index in [-0.39, 0.29) is 24.8 Å². The van der Waals surface area contributed by atoms with Gasteiger partial charge in [-0.3, -0.25) is 25.6 Å². The largest absolute Gasteiger partial charge is 0.286 e. The molecule has 23 heavy (non-hydrogen) atoms. The summed E-state index contributed by atoms with van der Waals surface area (Å²) >= 11 is 0. The van der Waals surface area contributed by atoms with Crippen molar-refractivity contribution in [2.75, 3.05) is 12.0 Å². The molecule has 9 heteroatoms. The highest BCUT2D eigenvalue weighted by Crippen LogP contribution is 2.11. The first-order valence-corrected chi connectivity index (χ1v) is 7.29. The van der Waals surface area contributed by atoms with Crippen LogP contribution in [0.3, 0.4) is 0 Å². The normalized spacial score (nSPS) is 11.2. The Bertz CT molecular complexity index is 542. The van der Waals surface area contributed by atoms with Crippen molar-refractivity contribution in [2.45, 2.75) is 32.6 Å². The van der Waals surface area contributed by atoms with Crippen LogP contribution in [0.15, 0.2) is 12.4 Å². The van der Waals surface area contributed by atoms with Crippen LogP contribution >= 0.6 is 0 Å². The number of hydrogen-bond acceptors (Lipinski definition) is 7. The highest BCUT2D eigenvalue weighted by atomic mass is 16.5. The summed E-state index contributed by atoms with van der Waals surface area (Å²) in [5.74, 6) is -0.793. The Morgan fingerprint density at radius 3 is 2.74 bits per heavy atom. The third-order valence-electron chi connectivity index (χ3n) is 3.13. The van der Waals surface area contributed by atoms with Gasteiger partial charge >= 0.3 is 0 Å². The number of carbonyl (C=O) groups excluding carboxylic acids is 2. The zero-order valence-corrected chi connectivity index (χ0v) is 12.9. The maximum atomic E-state index is 12.2. The predicted octanol–water partition coefficient (Wildman–Crippen LogP) is 0.835. The monoisotopic (exact) mass is 320 g/mol. The molecular formula is C14H20N6O3. The zero-order valence-electron chi connectivity index (χ0n) is 12.9. The molecule has 2 amide bonds. The highest BCUT2D eigenvalue weighted by molar-refractivity contribution is 5.80. The number of rotatable bonds is 10. The van der Waals surface area contributed by atoms with Crippen LogP contribution in [-0.4, -0.2) is 39.1 Å². The van der Waals surface area contributed by atoms with Crippen LogP contribution in [0.4, 0.5) is 5.95 Å². The summed E-state index contributed by atoms with van der Waals surface area (Å²) in [5.41, 5.74) is 5.29. The van der Waals surface area contributed by atoms with Crippen LogP contribution in [0.1, 0.15) is 38.2 Å². The molecule has 3 N–H and O–H groups in total. The fraction of sp³-hybridized carbons (Fsp3) is 0.500. The average molecular weight is 320 g/mol. The Labute approximate surface area is 134 Å². The van der Waals surface area contributed by atoms with E-state index in [0.717, 1.165) is 19.3 Å². The van der Waals surface area contributed by atoms with Gasteiger partial charge < -0.3 is 0 Å². The van der Waals surface area contributed by atoms with Crippen LogP contribution < -0.4 is 10.9 Å². The lowest BCUT2D eigenvalue weighted by atomic mass is 10.0. The van der Waals surface area contributed by atoms with E-state index in [2.05, 4.69) is 20.8 Å². The molecule has 0 aliphatic rings. The van der Waals surface area contributed by atoms with Crippen molar-refractivity contribution in [1.82, 2.24) is 20.5 Å². The molecule has 1 atom stereocenters. The van der Waals surface area contributed by atoms with E-state index < -0.39 is 5.92 Å². The molecule has 1 unspecified atom stereocenters. The van der Waals surface area contributed by atoms with Crippen molar-refractivity contribution in [3.05, 3.63) is 18.0 Å². The van der Waals surface area contributed by atoms with Crippen molar-refractivity contribution in [3.8, 4) is 6.07 Å². The van der Waals surface area contributed by atoms with Gasteiger partial charge in [0.15, 0.2) is 0 Å². The third-order valence-corrected chi connectivity index (χ3v) is 3.13. The molecular weight excluding hydrogens is 300 g/mol. The van der Waals surface area contributed by atoms with Crippen LogP contribution in [-0.2, 0) is 9.59 Å². The van der Waals surface area contributed by atoms with E-state index in [4.69, 9.17) is 5.26 Å². The minimum atomic E-state index is -0.553. The average Bonchev–Trinajstić information content (AvgIpc) is 2.59. The van der Waals surface area contributed by atoms with Crippen LogP contribution in [0.5, 0.6) is 0 Å². The van der Waals surface area contributed by atoms with Crippen molar-refractivity contribution >= 4 is 18.3 Å². The third kappa shape index (κ3) is 6.71. The molecule has 0 aliphatic carbocycles. The van der Waals surface area contributed by atoms with Gasteiger partial charge in [0.25, 0.3) is 0 Å². The minimum Gasteiger partial charge on any atom is -0.286 e. The SMILES string of the molecule is CCCCCC(CN(O)C=O)C(=O)NNc1ncc(C#N)cn1. The number of aromatic nitrogens is 2. The molecule has 0 aromatic carbocycles. The van der Waals surface area contributed by atoms with Gasteiger partial charge in [-0.1, -0.05) is 26.2 Å². The van der Waals surface area contributed by atoms with E-state index in [9.17, 15) is 14.8 Å². The standard InChI is InChI=1S/C14H20N6O3/c1-2-3-4-5-12(9-20(23)10-21)13(22)18-19-14-16-7-11(6-15)8-17-14/h7-8,10,12,23H,2-5,9H2,1H3,(H,18,22)(H,16,17,19). The summed E-state index contributed by atoms with van der Waals surface area (Å²) in [6.07, 6.45) is 6.22. The highest BCUT2D eigenvalue weighted by Gasteiger charge is 2.20. The fourth-order valence-electron chi connectivity index (χ4n) is 1.88. The lowest BCUT2D eigenvalue weighted by Crippen LogP contribution is -2.40. The second-order valence-corrected chi connectivity index (χ2v) is 4.94.